The number of nitrogens with zero attached hydrogens (tertiary/aromatic N) is 2. The number of aliphatic hydroxyl groups is 1. The van der Waals surface area contributed by atoms with E-state index in [9.17, 15) is 9.90 Å². The molecule has 0 bridgehead atoms. The number of carbonyl (C=O) groups excluding carboxylic acids is 1. The highest BCUT2D eigenvalue weighted by atomic mass is 16.5. The summed E-state index contributed by atoms with van der Waals surface area (Å²) in [6.07, 6.45) is 0.380. The standard InChI is InChI=1S/C17H21N3O3/c1-12-8-16(19-23-12)17(22)18-9-15(21)11-20-7-6-13-4-2-3-5-14(13)10-20/h2-5,8,15,21H,6-7,9-11H2,1H3,(H,18,22). The first kappa shape index (κ1) is 15.7. The average Bonchev–Trinajstić information content (AvgIpc) is 2.99. The Morgan fingerprint density at radius 2 is 2.22 bits per heavy atom. The fourth-order valence-electron chi connectivity index (χ4n) is 2.85. The van der Waals surface area contributed by atoms with Gasteiger partial charge in [0.1, 0.15) is 5.76 Å². The van der Waals surface area contributed by atoms with Crippen molar-refractivity contribution >= 4 is 5.91 Å². The number of hydrogen-bond acceptors (Lipinski definition) is 5. The fraction of sp³-hybridized carbons (Fsp3) is 0.412. The Morgan fingerprint density at radius 1 is 1.43 bits per heavy atom. The summed E-state index contributed by atoms with van der Waals surface area (Å²) in [5.41, 5.74) is 2.93. The number of carbonyl (C=O) groups is 1. The number of aliphatic hydroxyl groups excluding tert-OH is 1. The Morgan fingerprint density at radius 3 is 2.96 bits per heavy atom. The van der Waals surface area contributed by atoms with Crippen LogP contribution in [-0.4, -0.2) is 46.8 Å². The van der Waals surface area contributed by atoms with Gasteiger partial charge >= 0.3 is 0 Å². The van der Waals surface area contributed by atoms with Crippen LogP contribution < -0.4 is 5.32 Å². The summed E-state index contributed by atoms with van der Waals surface area (Å²) < 4.78 is 4.87. The lowest BCUT2D eigenvalue weighted by atomic mass is 10.00. The van der Waals surface area contributed by atoms with Crippen LogP contribution in [0.25, 0.3) is 0 Å². The minimum absolute atomic E-state index is 0.197. The van der Waals surface area contributed by atoms with Gasteiger partial charge in [-0.15, -0.1) is 0 Å². The van der Waals surface area contributed by atoms with Crippen LogP contribution in [0.3, 0.4) is 0 Å². The molecule has 0 fully saturated rings. The summed E-state index contributed by atoms with van der Waals surface area (Å²) in [4.78, 5) is 14.1. The molecule has 2 heterocycles. The van der Waals surface area contributed by atoms with Gasteiger partial charge in [0.25, 0.3) is 5.91 Å². The molecule has 0 saturated heterocycles. The molecular formula is C17H21N3O3. The van der Waals surface area contributed by atoms with E-state index < -0.39 is 6.10 Å². The SMILES string of the molecule is Cc1cc(C(=O)NCC(O)CN2CCc3ccccc3C2)no1. The summed E-state index contributed by atoms with van der Waals surface area (Å²) in [6.45, 7) is 4.22. The van der Waals surface area contributed by atoms with Crippen molar-refractivity contribution in [1.29, 1.82) is 0 Å². The summed E-state index contributed by atoms with van der Waals surface area (Å²) in [6, 6.07) is 9.96. The maximum absolute atomic E-state index is 11.9. The smallest absolute Gasteiger partial charge is 0.273 e. The zero-order chi connectivity index (χ0) is 16.2. The maximum Gasteiger partial charge on any atom is 0.273 e. The lowest BCUT2D eigenvalue weighted by molar-refractivity contribution is 0.0835. The molecule has 23 heavy (non-hydrogen) atoms. The van der Waals surface area contributed by atoms with Gasteiger partial charge in [0.15, 0.2) is 5.69 Å². The van der Waals surface area contributed by atoms with Gasteiger partial charge in [-0.1, -0.05) is 29.4 Å². The first-order chi connectivity index (χ1) is 11.1. The Balaban J connectivity index is 1.47. The number of β-amino-alcohol motifs (C(OH)–C–C–N with tert-alkyl or cyclic N) is 1. The third-order valence-corrected chi connectivity index (χ3v) is 4.04. The van der Waals surface area contributed by atoms with Crippen molar-refractivity contribution in [2.75, 3.05) is 19.6 Å². The number of rotatable bonds is 5. The number of nitrogens with one attached hydrogen (secondary N) is 1. The van der Waals surface area contributed by atoms with E-state index in [1.54, 1.807) is 13.0 Å². The third kappa shape index (κ3) is 3.97. The minimum Gasteiger partial charge on any atom is -0.390 e. The van der Waals surface area contributed by atoms with Crippen molar-refractivity contribution in [3.63, 3.8) is 0 Å². The van der Waals surface area contributed by atoms with Gasteiger partial charge < -0.3 is 14.9 Å². The van der Waals surface area contributed by atoms with Crippen LogP contribution in [0.15, 0.2) is 34.9 Å². The van der Waals surface area contributed by atoms with Gasteiger partial charge in [0.2, 0.25) is 0 Å². The number of aryl methyl sites for hydroxylation is 1. The molecule has 0 radical (unpaired) electrons. The highest BCUT2D eigenvalue weighted by Gasteiger charge is 2.19. The largest absolute Gasteiger partial charge is 0.390 e. The molecule has 2 N–H and O–H groups in total. The van der Waals surface area contributed by atoms with E-state index >= 15 is 0 Å². The molecule has 1 aliphatic heterocycles. The molecule has 6 nitrogen and oxygen atoms in total. The second kappa shape index (κ2) is 6.93. The van der Waals surface area contributed by atoms with E-state index in [0.29, 0.717) is 12.3 Å². The van der Waals surface area contributed by atoms with Gasteiger partial charge in [-0.25, -0.2) is 0 Å². The quantitative estimate of drug-likeness (QED) is 0.865. The molecule has 1 amide bonds. The van der Waals surface area contributed by atoms with Gasteiger partial charge in [-0.3, -0.25) is 9.69 Å². The predicted molar refractivity (Wildman–Crippen MR) is 85.0 cm³/mol. The molecule has 2 aromatic rings. The Kier molecular flexibility index (Phi) is 4.73. The molecule has 1 aromatic heterocycles. The monoisotopic (exact) mass is 315 g/mol. The first-order valence-electron chi connectivity index (χ1n) is 7.80. The Hall–Kier alpha value is -2.18. The topological polar surface area (TPSA) is 78.6 Å². The van der Waals surface area contributed by atoms with E-state index in [4.69, 9.17) is 4.52 Å². The van der Waals surface area contributed by atoms with Crippen molar-refractivity contribution < 1.29 is 14.4 Å². The van der Waals surface area contributed by atoms with E-state index in [1.807, 2.05) is 6.07 Å². The van der Waals surface area contributed by atoms with Crippen LogP contribution in [0, 0.1) is 6.92 Å². The van der Waals surface area contributed by atoms with Crippen LogP contribution in [-0.2, 0) is 13.0 Å². The average molecular weight is 315 g/mol. The van der Waals surface area contributed by atoms with Crippen molar-refractivity contribution in [2.24, 2.45) is 0 Å². The molecule has 1 aromatic carbocycles. The number of fused-ring (bicyclic) bond motifs is 1. The zero-order valence-corrected chi connectivity index (χ0v) is 13.2. The Bertz CT molecular complexity index is 683. The summed E-state index contributed by atoms with van der Waals surface area (Å²) in [7, 11) is 0. The number of benzene rings is 1. The highest BCUT2D eigenvalue weighted by Crippen LogP contribution is 2.18. The number of amides is 1. The zero-order valence-electron chi connectivity index (χ0n) is 13.2. The molecule has 3 rings (SSSR count). The van der Waals surface area contributed by atoms with E-state index in [2.05, 4.69) is 33.6 Å². The fourth-order valence-corrected chi connectivity index (χ4v) is 2.85. The molecule has 1 atom stereocenters. The summed E-state index contributed by atoms with van der Waals surface area (Å²) in [5, 5.41) is 16.5. The summed E-state index contributed by atoms with van der Waals surface area (Å²) in [5.74, 6) is 0.257. The molecule has 6 heteroatoms. The van der Waals surface area contributed by atoms with Crippen molar-refractivity contribution in [1.82, 2.24) is 15.4 Å². The van der Waals surface area contributed by atoms with E-state index in [-0.39, 0.29) is 18.1 Å². The molecule has 0 saturated carbocycles. The highest BCUT2D eigenvalue weighted by molar-refractivity contribution is 5.92. The van der Waals surface area contributed by atoms with Gasteiger partial charge in [-0.05, 0) is 24.5 Å². The van der Waals surface area contributed by atoms with Crippen LogP contribution in [0.5, 0.6) is 0 Å². The summed E-state index contributed by atoms with van der Waals surface area (Å²) >= 11 is 0. The normalized spacial score (nSPS) is 15.9. The van der Waals surface area contributed by atoms with Crippen LogP contribution >= 0.6 is 0 Å². The number of hydrogen-bond donors (Lipinski definition) is 2. The van der Waals surface area contributed by atoms with Crippen LogP contribution in [0.1, 0.15) is 27.4 Å². The predicted octanol–water partition coefficient (Wildman–Crippen LogP) is 1.13. The van der Waals surface area contributed by atoms with Gasteiger partial charge in [-0.2, -0.15) is 0 Å². The third-order valence-electron chi connectivity index (χ3n) is 4.04. The molecular weight excluding hydrogens is 294 g/mol. The number of aromatic nitrogens is 1. The first-order valence-corrected chi connectivity index (χ1v) is 7.80. The van der Waals surface area contributed by atoms with Crippen LogP contribution in [0.4, 0.5) is 0 Å². The minimum atomic E-state index is -0.614. The molecule has 1 aliphatic rings. The molecule has 0 spiro atoms. The van der Waals surface area contributed by atoms with Gasteiger partial charge in [0.05, 0.1) is 6.10 Å². The van der Waals surface area contributed by atoms with E-state index in [0.717, 1.165) is 19.5 Å². The second-order valence-corrected chi connectivity index (χ2v) is 5.94. The molecule has 0 aliphatic carbocycles. The molecule has 122 valence electrons. The maximum atomic E-state index is 11.9. The lowest BCUT2D eigenvalue weighted by Gasteiger charge is -2.30. The second-order valence-electron chi connectivity index (χ2n) is 5.94. The van der Waals surface area contributed by atoms with Crippen molar-refractivity contribution in [2.45, 2.75) is 26.0 Å². The van der Waals surface area contributed by atoms with E-state index in [1.165, 1.54) is 11.1 Å². The lowest BCUT2D eigenvalue weighted by Crippen LogP contribution is -2.42. The molecule has 1 unspecified atom stereocenters. The van der Waals surface area contributed by atoms with Crippen LogP contribution in [0.2, 0.25) is 0 Å². The van der Waals surface area contributed by atoms with Crippen molar-refractivity contribution in [3.05, 3.63) is 52.9 Å². The van der Waals surface area contributed by atoms with Gasteiger partial charge in [0, 0.05) is 32.2 Å². The van der Waals surface area contributed by atoms with Crippen molar-refractivity contribution in [3.8, 4) is 0 Å². The Labute approximate surface area is 135 Å².